The van der Waals surface area contributed by atoms with Gasteiger partial charge in [-0.1, -0.05) is 0 Å². The summed E-state index contributed by atoms with van der Waals surface area (Å²) in [6, 6.07) is 1.71. The minimum absolute atomic E-state index is 0.125. The summed E-state index contributed by atoms with van der Waals surface area (Å²) in [6.45, 7) is 1.21. The maximum atomic E-state index is 9.00. The maximum Gasteiger partial charge on any atom is 0.300 e. The number of carboxylic acids is 1. The highest BCUT2D eigenvalue weighted by molar-refractivity contribution is 5.62. The van der Waals surface area contributed by atoms with Crippen LogP contribution in [0.15, 0.2) is 0 Å². The van der Waals surface area contributed by atoms with Gasteiger partial charge in [0.2, 0.25) is 0 Å². The first-order chi connectivity index (χ1) is 3.65. The van der Waals surface area contributed by atoms with Crippen molar-refractivity contribution in [1.82, 2.24) is 0 Å². The Morgan fingerprint density at radius 2 is 2.12 bits per heavy atom. The van der Waals surface area contributed by atoms with Gasteiger partial charge in [-0.15, -0.1) is 0 Å². The molecule has 0 bridgehead atoms. The number of rotatable bonds is 0. The molecule has 0 saturated carbocycles. The number of nitriles is 1. The summed E-state index contributed by atoms with van der Waals surface area (Å²) in [4.78, 5) is 9.00. The van der Waals surface area contributed by atoms with Gasteiger partial charge in [-0.2, -0.15) is 5.26 Å². The van der Waals surface area contributed by atoms with Gasteiger partial charge < -0.3 is 10.8 Å². The Labute approximate surface area is 47.5 Å². The van der Waals surface area contributed by atoms with E-state index in [1.807, 2.05) is 0 Å². The van der Waals surface area contributed by atoms with E-state index in [1.165, 1.54) is 0 Å². The van der Waals surface area contributed by atoms with Gasteiger partial charge in [-0.05, 0) is 0 Å². The predicted molar refractivity (Wildman–Crippen MR) is 28.0 cm³/mol. The number of nitrogens with zero attached hydrogens (tertiary/aromatic N) is 1. The van der Waals surface area contributed by atoms with Crippen LogP contribution in [0.2, 0.25) is 0 Å². The van der Waals surface area contributed by atoms with E-state index in [9.17, 15) is 0 Å². The van der Waals surface area contributed by atoms with Gasteiger partial charge in [0.25, 0.3) is 5.97 Å². The van der Waals surface area contributed by atoms with Gasteiger partial charge in [-0.25, -0.2) is 0 Å². The fraction of sp³-hybridized carbons (Fsp3) is 0.500. The molecule has 0 unspecified atom stereocenters. The van der Waals surface area contributed by atoms with Crippen LogP contribution >= 0.6 is 0 Å². The smallest absolute Gasteiger partial charge is 0.300 e. The van der Waals surface area contributed by atoms with Gasteiger partial charge in [0.1, 0.15) is 0 Å². The molecule has 0 fully saturated rings. The Balaban J connectivity index is 0. The molecular formula is C4H8N2O2. The van der Waals surface area contributed by atoms with Gasteiger partial charge in [0.05, 0.1) is 12.6 Å². The molecule has 0 aromatic rings. The second kappa shape index (κ2) is 9.33. The fourth-order valence-electron chi connectivity index (χ4n) is 0. The Morgan fingerprint density at radius 1 is 2.00 bits per heavy atom. The molecule has 0 amide bonds. The SMILES string of the molecule is CC(=O)O.N#CCN. The third kappa shape index (κ3) is 11800. The monoisotopic (exact) mass is 116 g/mol. The van der Waals surface area contributed by atoms with Crippen LogP contribution < -0.4 is 5.73 Å². The van der Waals surface area contributed by atoms with Gasteiger partial charge in [0.15, 0.2) is 0 Å². The van der Waals surface area contributed by atoms with Crippen molar-refractivity contribution in [1.29, 1.82) is 5.26 Å². The molecule has 4 heteroatoms. The van der Waals surface area contributed by atoms with Crippen LogP contribution in [0.5, 0.6) is 0 Å². The molecule has 0 aromatic heterocycles. The van der Waals surface area contributed by atoms with Crippen LogP contribution in [-0.4, -0.2) is 17.6 Å². The third-order valence-electron chi connectivity index (χ3n) is 0.0913. The molecule has 3 N–H and O–H groups in total. The normalized spacial score (nSPS) is 5.62. The average Bonchev–Trinajstić information content (AvgIpc) is 1.65. The molecule has 46 valence electrons. The minimum Gasteiger partial charge on any atom is -0.481 e. The maximum absolute atomic E-state index is 9.00. The van der Waals surface area contributed by atoms with Crippen LogP contribution in [0.25, 0.3) is 0 Å². The summed E-state index contributed by atoms with van der Waals surface area (Å²) in [5, 5.41) is 14.9. The van der Waals surface area contributed by atoms with E-state index in [1.54, 1.807) is 6.07 Å². The molecule has 0 aliphatic heterocycles. The number of aliphatic carboxylic acids is 1. The molecular weight excluding hydrogens is 108 g/mol. The second-order valence-corrected chi connectivity index (χ2v) is 0.881. The van der Waals surface area contributed by atoms with Gasteiger partial charge in [-0.3, -0.25) is 4.79 Å². The van der Waals surface area contributed by atoms with Crippen molar-refractivity contribution in [2.24, 2.45) is 5.73 Å². The van der Waals surface area contributed by atoms with E-state index in [-0.39, 0.29) is 6.54 Å². The number of carboxylic acid groups (broad SMARTS) is 1. The van der Waals surface area contributed by atoms with E-state index in [2.05, 4.69) is 5.73 Å². The molecule has 0 atom stereocenters. The number of nitrogens with two attached hydrogens (primary N) is 1. The number of carbonyl (C=O) groups is 1. The summed E-state index contributed by atoms with van der Waals surface area (Å²) >= 11 is 0. The largest absolute Gasteiger partial charge is 0.481 e. The molecule has 0 radical (unpaired) electrons. The summed E-state index contributed by atoms with van der Waals surface area (Å²) in [6.07, 6.45) is 0. The molecule has 0 spiro atoms. The molecule has 4 nitrogen and oxygen atoms in total. The molecule has 0 rings (SSSR count). The van der Waals surface area contributed by atoms with Crippen LogP contribution in [0.3, 0.4) is 0 Å². The van der Waals surface area contributed by atoms with Crippen molar-refractivity contribution >= 4 is 5.97 Å². The zero-order chi connectivity index (χ0) is 6.99. The van der Waals surface area contributed by atoms with Crippen LogP contribution in [0.1, 0.15) is 6.92 Å². The molecule has 0 saturated heterocycles. The standard InChI is InChI=1S/C2H4N2.C2H4O2/c3-1-2-4;1-2(3)4/h1,3H2;1H3,(H,3,4). The first-order valence-corrected chi connectivity index (χ1v) is 1.91. The third-order valence-corrected chi connectivity index (χ3v) is 0.0913. The van der Waals surface area contributed by atoms with E-state index in [0.717, 1.165) is 6.92 Å². The van der Waals surface area contributed by atoms with Crippen LogP contribution in [0, 0.1) is 11.3 Å². The van der Waals surface area contributed by atoms with Crippen molar-refractivity contribution in [2.75, 3.05) is 6.54 Å². The van der Waals surface area contributed by atoms with E-state index in [4.69, 9.17) is 15.2 Å². The lowest BCUT2D eigenvalue weighted by atomic mass is 10.8. The zero-order valence-corrected chi connectivity index (χ0v) is 4.59. The summed E-state index contributed by atoms with van der Waals surface area (Å²) in [5.74, 6) is -0.833. The number of hydrogen-bond donors (Lipinski definition) is 2. The predicted octanol–water partition coefficient (Wildman–Crippen LogP) is -0.440. The zero-order valence-electron chi connectivity index (χ0n) is 4.59. The molecule has 0 aliphatic rings. The van der Waals surface area contributed by atoms with Crippen molar-refractivity contribution in [3.8, 4) is 6.07 Å². The first-order valence-electron chi connectivity index (χ1n) is 1.91. The lowest BCUT2D eigenvalue weighted by Gasteiger charge is -1.59. The topological polar surface area (TPSA) is 87.1 Å². The van der Waals surface area contributed by atoms with Crippen LogP contribution in [0.4, 0.5) is 0 Å². The van der Waals surface area contributed by atoms with Crippen molar-refractivity contribution in [3.63, 3.8) is 0 Å². The van der Waals surface area contributed by atoms with Crippen molar-refractivity contribution in [2.45, 2.75) is 6.92 Å². The van der Waals surface area contributed by atoms with Gasteiger partial charge >= 0.3 is 0 Å². The van der Waals surface area contributed by atoms with Crippen molar-refractivity contribution < 1.29 is 9.90 Å². The highest BCUT2D eigenvalue weighted by Crippen LogP contribution is 1.42. The van der Waals surface area contributed by atoms with E-state index in [0.29, 0.717) is 0 Å². The Morgan fingerprint density at radius 3 is 2.12 bits per heavy atom. The lowest BCUT2D eigenvalue weighted by molar-refractivity contribution is -0.134. The Kier molecular flexibility index (Phi) is 11.7. The van der Waals surface area contributed by atoms with Crippen molar-refractivity contribution in [3.05, 3.63) is 0 Å². The molecule has 0 aliphatic carbocycles. The average molecular weight is 116 g/mol. The highest BCUT2D eigenvalue weighted by atomic mass is 16.4. The molecule has 0 heterocycles. The lowest BCUT2D eigenvalue weighted by Crippen LogP contribution is -1.91. The highest BCUT2D eigenvalue weighted by Gasteiger charge is 1.65. The summed E-state index contributed by atoms with van der Waals surface area (Å²) in [7, 11) is 0. The van der Waals surface area contributed by atoms with Crippen LogP contribution in [-0.2, 0) is 4.79 Å². The van der Waals surface area contributed by atoms with E-state index >= 15 is 0 Å². The molecule has 0 aromatic carbocycles. The van der Waals surface area contributed by atoms with E-state index < -0.39 is 5.97 Å². The summed E-state index contributed by atoms with van der Waals surface area (Å²) in [5.41, 5.74) is 4.67. The van der Waals surface area contributed by atoms with Gasteiger partial charge in [0, 0.05) is 6.92 Å². The minimum atomic E-state index is -0.833. The molecule has 8 heavy (non-hydrogen) atoms. The Hall–Kier alpha value is -1.08. The first kappa shape index (κ1) is 10.0. The number of hydrogen-bond acceptors (Lipinski definition) is 3. The second-order valence-electron chi connectivity index (χ2n) is 0.881. The fourth-order valence-corrected chi connectivity index (χ4v) is 0. The quantitative estimate of drug-likeness (QED) is 0.420. The Bertz CT molecular complexity index is 90.7. The summed E-state index contributed by atoms with van der Waals surface area (Å²) < 4.78 is 0.